The molecular weight excluding hydrogens is 309 g/mol. The molecule has 0 aliphatic carbocycles. The molecule has 1 aliphatic rings. The van der Waals surface area contributed by atoms with E-state index in [1.54, 1.807) is 0 Å². The summed E-state index contributed by atoms with van der Waals surface area (Å²) in [6.45, 7) is -0.291. The zero-order valence-electron chi connectivity index (χ0n) is 8.38. The number of aliphatic hydroxyl groups excluding tert-OH is 2. The quantitative estimate of drug-likeness (QED) is 0.845. The monoisotopic (exact) mass is 317 g/mol. The van der Waals surface area contributed by atoms with E-state index in [2.05, 4.69) is 0 Å². The van der Waals surface area contributed by atoms with Crippen molar-refractivity contribution in [1.29, 1.82) is 0 Å². The lowest BCUT2D eigenvalue weighted by molar-refractivity contribution is 0.0572. The predicted molar refractivity (Wildman–Crippen MR) is 65.1 cm³/mol. The summed E-state index contributed by atoms with van der Waals surface area (Å²) in [7, 11) is -3.81. The molecule has 1 saturated heterocycles. The maximum atomic E-state index is 12.1. The average Bonchev–Trinajstić information content (AvgIpc) is 2.72. The van der Waals surface area contributed by atoms with Gasteiger partial charge in [-0.1, -0.05) is 23.2 Å². The fraction of sp³-hybridized carbons (Fsp3) is 0.500. The van der Waals surface area contributed by atoms with Gasteiger partial charge in [0.25, 0.3) is 0 Å². The summed E-state index contributed by atoms with van der Waals surface area (Å²) in [5.41, 5.74) is 0. The second-order valence-electron chi connectivity index (χ2n) is 3.65. The number of halogens is 2. The van der Waals surface area contributed by atoms with E-state index < -0.39 is 22.2 Å². The van der Waals surface area contributed by atoms with Crippen LogP contribution in [0.5, 0.6) is 0 Å². The van der Waals surface area contributed by atoms with E-state index in [1.807, 2.05) is 0 Å². The first-order chi connectivity index (χ1) is 7.82. The summed E-state index contributed by atoms with van der Waals surface area (Å²) >= 11 is 12.4. The van der Waals surface area contributed by atoms with E-state index >= 15 is 0 Å². The number of β-amino-alcohol motifs (C(OH)–C–C–N with tert-alkyl or cyclic N) is 2. The molecule has 1 fully saturated rings. The minimum atomic E-state index is -3.81. The lowest BCUT2D eigenvalue weighted by atomic mass is 10.3. The number of nitrogens with zero attached hydrogens (tertiary/aromatic N) is 1. The largest absolute Gasteiger partial charge is 0.389 e. The van der Waals surface area contributed by atoms with Gasteiger partial charge < -0.3 is 10.2 Å². The first kappa shape index (κ1) is 13.5. The molecule has 5 nitrogen and oxygen atoms in total. The van der Waals surface area contributed by atoms with Crippen LogP contribution in [0.25, 0.3) is 0 Å². The Bertz CT molecular complexity index is 520. The first-order valence-corrected chi connectivity index (χ1v) is 7.64. The molecule has 1 aromatic rings. The van der Waals surface area contributed by atoms with Crippen LogP contribution in [0.1, 0.15) is 0 Å². The van der Waals surface area contributed by atoms with Gasteiger partial charge in [-0.25, -0.2) is 8.42 Å². The maximum Gasteiger partial charge on any atom is 0.245 e. The van der Waals surface area contributed by atoms with Crippen molar-refractivity contribution in [1.82, 2.24) is 4.31 Å². The van der Waals surface area contributed by atoms with Crippen LogP contribution < -0.4 is 0 Å². The summed E-state index contributed by atoms with van der Waals surface area (Å²) in [5, 5.41) is 18.7. The van der Waals surface area contributed by atoms with Crippen molar-refractivity contribution in [2.75, 3.05) is 13.1 Å². The molecule has 2 unspecified atom stereocenters. The first-order valence-electron chi connectivity index (χ1n) is 4.63. The Balaban J connectivity index is 2.35. The Morgan fingerprint density at radius 1 is 1.29 bits per heavy atom. The Morgan fingerprint density at radius 3 is 2.24 bits per heavy atom. The average molecular weight is 318 g/mol. The molecule has 0 bridgehead atoms. The van der Waals surface area contributed by atoms with Crippen LogP contribution in [-0.4, -0.2) is 48.2 Å². The molecule has 9 heteroatoms. The van der Waals surface area contributed by atoms with Crippen molar-refractivity contribution in [2.45, 2.75) is 17.1 Å². The van der Waals surface area contributed by atoms with Gasteiger partial charge >= 0.3 is 0 Å². The van der Waals surface area contributed by atoms with E-state index in [1.165, 1.54) is 6.07 Å². The Labute approximate surface area is 112 Å². The van der Waals surface area contributed by atoms with E-state index in [9.17, 15) is 18.6 Å². The summed E-state index contributed by atoms with van der Waals surface area (Å²) in [6.07, 6.45) is -2.14. The number of aliphatic hydroxyl groups is 2. The number of thiophene rings is 1. The third-order valence-corrected chi connectivity index (χ3v) is 6.05. The van der Waals surface area contributed by atoms with Crippen molar-refractivity contribution in [2.24, 2.45) is 0 Å². The normalized spacial score (nSPS) is 26.6. The molecule has 1 aromatic heterocycles. The zero-order chi connectivity index (χ0) is 12.8. The molecule has 0 spiro atoms. The molecular formula is C8H9Cl2NO4S2. The highest BCUT2D eigenvalue weighted by molar-refractivity contribution is 7.89. The van der Waals surface area contributed by atoms with Gasteiger partial charge in [0.1, 0.15) is 9.23 Å². The van der Waals surface area contributed by atoms with E-state index in [-0.39, 0.29) is 26.7 Å². The summed E-state index contributed by atoms with van der Waals surface area (Å²) in [4.78, 5) is -0.0875. The van der Waals surface area contributed by atoms with Crippen LogP contribution in [0.15, 0.2) is 11.0 Å². The van der Waals surface area contributed by atoms with Gasteiger partial charge in [0.2, 0.25) is 10.0 Å². The summed E-state index contributed by atoms with van der Waals surface area (Å²) < 4.78 is 25.6. The highest BCUT2D eigenvalue weighted by Gasteiger charge is 2.38. The van der Waals surface area contributed by atoms with E-state index in [0.29, 0.717) is 0 Å². The van der Waals surface area contributed by atoms with Crippen molar-refractivity contribution in [3.05, 3.63) is 14.7 Å². The van der Waals surface area contributed by atoms with Crippen LogP contribution >= 0.6 is 34.5 Å². The number of rotatable bonds is 2. The molecule has 0 amide bonds. The third-order valence-electron chi connectivity index (χ3n) is 2.47. The zero-order valence-corrected chi connectivity index (χ0v) is 11.5. The molecule has 0 saturated carbocycles. The lowest BCUT2D eigenvalue weighted by Gasteiger charge is -2.14. The Hall–Kier alpha value is 0.110. The van der Waals surface area contributed by atoms with Crippen LogP contribution in [0, 0.1) is 0 Å². The standard InChI is InChI=1S/C8H9Cl2NO4S2/c9-7-1-6(8(10)16-7)17(14,15)11-2-4(12)5(13)3-11/h1,4-5,12-13H,2-3H2. The SMILES string of the molecule is O=S(=O)(c1cc(Cl)sc1Cl)N1CC(O)C(O)C1. The second-order valence-corrected chi connectivity index (χ2v) is 7.84. The van der Waals surface area contributed by atoms with Crippen LogP contribution in [0.3, 0.4) is 0 Å². The molecule has 0 radical (unpaired) electrons. The molecule has 2 heterocycles. The summed E-state index contributed by atoms with van der Waals surface area (Å²) in [5.74, 6) is 0. The van der Waals surface area contributed by atoms with Gasteiger partial charge in [-0.05, 0) is 6.07 Å². The highest BCUT2D eigenvalue weighted by Crippen LogP contribution is 2.36. The lowest BCUT2D eigenvalue weighted by Crippen LogP contribution is -2.29. The van der Waals surface area contributed by atoms with E-state index in [0.717, 1.165) is 15.6 Å². The number of hydrogen-bond donors (Lipinski definition) is 2. The van der Waals surface area contributed by atoms with Crippen molar-refractivity contribution in [3.8, 4) is 0 Å². The van der Waals surface area contributed by atoms with Gasteiger partial charge in [-0.15, -0.1) is 11.3 Å². The molecule has 0 aromatic carbocycles. The van der Waals surface area contributed by atoms with Crippen LogP contribution in [0.2, 0.25) is 8.67 Å². The number of sulfonamides is 1. The Morgan fingerprint density at radius 2 is 1.82 bits per heavy atom. The highest BCUT2D eigenvalue weighted by atomic mass is 35.5. The molecule has 2 atom stereocenters. The molecule has 1 aliphatic heterocycles. The summed E-state index contributed by atoms with van der Waals surface area (Å²) in [6, 6.07) is 1.26. The molecule has 96 valence electrons. The maximum absolute atomic E-state index is 12.1. The van der Waals surface area contributed by atoms with Gasteiger partial charge in [0.15, 0.2) is 0 Å². The van der Waals surface area contributed by atoms with Gasteiger partial charge in [0, 0.05) is 13.1 Å². The van der Waals surface area contributed by atoms with Gasteiger partial charge in [-0.2, -0.15) is 4.31 Å². The number of hydrogen-bond acceptors (Lipinski definition) is 5. The topological polar surface area (TPSA) is 77.8 Å². The predicted octanol–water partition coefficient (Wildman–Crippen LogP) is 0.781. The smallest absolute Gasteiger partial charge is 0.245 e. The van der Waals surface area contributed by atoms with Gasteiger partial charge in [-0.3, -0.25) is 0 Å². The van der Waals surface area contributed by atoms with E-state index in [4.69, 9.17) is 23.2 Å². The Kier molecular flexibility index (Phi) is 3.71. The molecule has 17 heavy (non-hydrogen) atoms. The third kappa shape index (κ3) is 2.46. The van der Waals surface area contributed by atoms with Crippen molar-refractivity contribution in [3.63, 3.8) is 0 Å². The second kappa shape index (κ2) is 4.65. The minimum absolute atomic E-state index is 0.0749. The van der Waals surface area contributed by atoms with Crippen molar-refractivity contribution >= 4 is 44.6 Å². The van der Waals surface area contributed by atoms with Crippen molar-refractivity contribution < 1.29 is 18.6 Å². The van der Waals surface area contributed by atoms with Crippen LogP contribution in [-0.2, 0) is 10.0 Å². The van der Waals surface area contributed by atoms with Crippen LogP contribution in [0.4, 0.5) is 0 Å². The fourth-order valence-corrected chi connectivity index (χ4v) is 5.16. The molecule has 2 N–H and O–H groups in total. The fourth-order valence-electron chi connectivity index (χ4n) is 1.57. The molecule has 2 rings (SSSR count). The minimum Gasteiger partial charge on any atom is -0.389 e. The van der Waals surface area contributed by atoms with Gasteiger partial charge in [0.05, 0.1) is 16.5 Å².